The van der Waals surface area contributed by atoms with Gasteiger partial charge in [0.15, 0.2) is 0 Å². The molecule has 0 radical (unpaired) electrons. The van der Waals surface area contributed by atoms with E-state index in [9.17, 15) is 4.79 Å². The highest BCUT2D eigenvalue weighted by atomic mass is 16.5. The third-order valence-corrected chi connectivity index (χ3v) is 6.82. The Bertz CT molecular complexity index is 861. The summed E-state index contributed by atoms with van der Waals surface area (Å²) in [6, 6.07) is 18.2. The monoisotopic (exact) mass is 346 g/mol. The molecule has 5 rings (SSSR count). The molecule has 0 heterocycles. The van der Waals surface area contributed by atoms with Crippen molar-refractivity contribution >= 4 is 12.1 Å². The summed E-state index contributed by atoms with van der Waals surface area (Å²) >= 11 is 0. The van der Waals surface area contributed by atoms with Gasteiger partial charge in [0.05, 0.1) is 18.7 Å². The molecular weight excluding hydrogens is 324 g/mol. The molecule has 2 aromatic rings. The van der Waals surface area contributed by atoms with Crippen LogP contribution in [0.5, 0.6) is 5.75 Å². The smallest absolute Gasteiger partial charge is 0.247 e. The van der Waals surface area contributed by atoms with Crippen LogP contribution in [0.15, 0.2) is 59.7 Å². The van der Waals surface area contributed by atoms with Gasteiger partial charge in [-0.05, 0) is 60.1 Å². The van der Waals surface area contributed by atoms with Gasteiger partial charge in [-0.15, -0.1) is 0 Å². The first kappa shape index (κ1) is 15.6. The molecule has 0 aliphatic heterocycles. The van der Waals surface area contributed by atoms with E-state index in [-0.39, 0.29) is 16.7 Å². The van der Waals surface area contributed by atoms with Gasteiger partial charge >= 0.3 is 0 Å². The fourth-order valence-corrected chi connectivity index (χ4v) is 5.84. The third-order valence-electron chi connectivity index (χ3n) is 6.82. The van der Waals surface area contributed by atoms with Crippen LogP contribution in [-0.2, 0) is 10.2 Å². The molecule has 4 nitrogen and oxygen atoms in total. The quantitative estimate of drug-likeness (QED) is 0.665. The van der Waals surface area contributed by atoms with Crippen LogP contribution in [0.2, 0.25) is 0 Å². The normalized spacial score (nSPS) is 33.4. The van der Waals surface area contributed by atoms with E-state index in [1.807, 2.05) is 30.3 Å². The summed E-state index contributed by atoms with van der Waals surface area (Å²) < 4.78 is 5.15. The Morgan fingerprint density at radius 1 is 1.12 bits per heavy atom. The number of carbonyl (C=O) groups excluding carboxylic acids is 1. The molecule has 0 bridgehead atoms. The maximum absolute atomic E-state index is 13.0. The summed E-state index contributed by atoms with van der Waals surface area (Å²) in [5.74, 6) is 1.89. The highest BCUT2D eigenvalue weighted by Gasteiger charge is 3.01. The number of hydrazone groups is 1. The number of methoxy groups -OCH3 is 1. The molecule has 1 N–H and O–H groups in total. The van der Waals surface area contributed by atoms with Gasteiger partial charge < -0.3 is 4.74 Å². The molecule has 3 aliphatic rings. The largest absolute Gasteiger partial charge is 0.497 e. The first-order valence-electron chi connectivity index (χ1n) is 9.29. The summed E-state index contributed by atoms with van der Waals surface area (Å²) in [6.07, 6.45) is 5.24. The van der Waals surface area contributed by atoms with Crippen LogP contribution in [-0.4, -0.2) is 19.2 Å². The second-order valence-electron chi connectivity index (χ2n) is 7.61. The number of ether oxygens (including phenoxy) is 1. The molecular formula is C22H22N2O2. The van der Waals surface area contributed by atoms with E-state index in [4.69, 9.17) is 4.74 Å². The van der Waals surface area contributed by atoms with E-state index >= 15 is 0 Å². The summed E-state index contributed by atoms with van der Waals surface area (Å²) in [5.41, 5.74) is 4.98. The predicted octanol–water partition coefficient (Wildman–Crippen LogP) is 3.51. The average molecular weight is 346 g/mol. The molecule has 2 aromatic carbocycles. The first-order valence-corrected chi connectivity index (χ1v) is 9.29. The Hall–Kier alpha value is -2.62. The maximum Gasteiger partial charge on any atom is 0.247 e. The Morgan fingerprint density at radius 2 is 1.81 bits per heavy atom. The Labute approximate surface area is 153 Å². The van der Waals surface area contributed by atoms with Crippen LogP contribution >= 0.6 is 0 Å². The van der Waals surface area contributed by atoms with Crippen LogP contribution in [0.3, 0.4) is 0 Å². The van der Waals surface area contributed by atoms with Crippen molar-refractivity contribution in [1.82, 2.24) is 5.43 Å². The number of amides is 1. The van der Waals surface area contributed by atoms with E-state index < -0.39 is 0 Å². The van der Waals surface area contributed by atoms with Crippen molar-refractivity contribution in [3.63, 3.8) is 0 Å². The molecule has 0 saturated heterocycles. The topological polar surface area (TPSA) is 50.7 Å². The lowest BCUT2D eigenvalue weighted by Crippen LogP contribution is -2.31. The first-order chi connectivity index (χ1) is 12.8. The molecule has 0 spiro atoms. The van der Waals surface area contributed by atoms with Crippen molar-refractivity contribution in [1.29, 1.82) is 0 Å². The lowest BCUT2D eigenvalue weighted by atomic mass is 9.77. The van der Waals surface area contributed by atoms with Gasteiger partial charge in [-0.1, -0.05) is 36.8 Å². The molecule has 0 aromatic heterocycles. The minimum Gasteiger partial charge on any atom is -0.497 e. The molecule has 3 fully saturated rings. The van der Waals surface area contributed by atoms with Gasteiger partial charge in [0.1, 0.15) is 5.75 Å². The average Bonchev–Trinajstić information content (AvgIpc) is 3.56. The zero-order chi connectivity index (χ0) is 17.8. The third kappa shape index (κ3) is 1.79. The number of hydrogen-bond donors (Lipinski definition) is 1. The fourth-order valence-electron chi connectivity index (χ4n) is 5.84. The summed E-state index contributed by atoms with van der Waals surface area (Å²) in [7, 11) is 1.64. The number of fused-ring (bicyclic) bond motifs is 2. The van der Waals surface area contributed by atoms with Crippen LogP contribution in [0.4, 0.5) is 0 Å². The predicted molar refractivity (Wildman–Crippen MR) is 100 cm³/mol. The van der Waals surface area contributed by atoms with E-state index in [2.05, 4.69) is 34.8 Å². The molecule has 3 saturated carbocycles. The second kappa shape index (κ2) is 5.44. The number of hydrogen-bond acceptors (Lipinski definition) is 3. The van der Waals surface area contributed by atoms with E-state index in [0.717, 1.165) is 24.2 Å². The highest BCUT2D eigenvalue weighted by Crippen LogP contribution is 2.97. The Balaban J connectivity index is 1.32. The highest BCUT2D eigenvalue weighted by molar-refractivity contribution is 5.97. The van der Waals surface area contributed by atoms with Crippen molar-refractivity contribution in [3.8, 4) is 5.75 Å². The second-order valence-corrected chi connectivity index (χ2v) is 7.61. The van der Waals surface area contributed by atoms with E-state index in [1.54, 1.807) is 13.3 Å². The molecule has 132 valence electrons. The van der Waals surface area contributed by atoms with Gasteiger partial charge in [-0.2, -0.15) is 5.10 Å². The Kier molecular flexibility index (Phi) is 3.27. The maximum atomic E-state index is 13.0. The number of nitrogens with zero attached hydrogens (tertiary/aromatic N) is 1. The van der Waals surface area contributed by atoms with Gasteiger partial charge in [0.2, 0.25) is 5.91 Å². The van der Waals surface area contributed by atoms with Crippen molar-refractivity contribution in [2.75, 3.05) is 7.11 Å². The Morgan fingerprint density at radius 3 is 2.46 bits per heavy atom. The molecule has 2 atom stereocenters. The summed E-state index contributed by atoms with van der Waals surface area (Å²) in [6.45, 7) is 0. The molecule has 3 aliphatic carbocycles. The minimum atomic E-state index is -0.205. The lowest BCUT2D eigenvalue weighted by Gasteiger charge is -2.27. The van der Waals surface area contributed by atoms with Crippen LogP contribution in [0.25, 0.3) is 0 Å². The lowest BCUT2D eigenvalue weighted by molar-refractivity contribution is -0.126. The molecule has 26 heavy (non-hydrogen) atoms. The van der Waals surface area contributed by atoms with Gasteiger partial charge in [-0.3, -0.25) is 4.79 Å². The van der Waals surface area contributed by atoms with Crippen LogP contribution in [0.1, 0.15) is 30.4 Å². The fraction of sp³-hybridized carbons (Fsp3) is 0.364. The number of carbonyl (C=O) groups is 1. The van der Waals surface area contributed by atoms with Gasteiger partial charge in [0, 0.05) is 5.41 Å². The van der Waals surface area contributed by atoms with Crippen molar-refractivity contribution in [2.24, 2.45) is 22.4 Å². The number of rotatable bonds is 5. The van der Waals surface area contributed by atoms with Crippen molar-refractivity contribution in [3.05, 3.63) is 65.7 Å². The van der Waals surface area contributed by atoms with Gasteiger partial charge in [0.25, 0.3) is 0 Å². The zero-order valence-electron chi connectivity index (χ0n) is 14.8. The number of benzene rings is 2. The number of nitrogens with one attached hydrogen (secondary N) is 1. The van der Waals surface area contributed by atoms with Crippen LogP contribution < -0.4 is 10.2 Å². The summed E-state index contributed by atoms with van der Waals surface area (Å²) in [5, 5.41) is 4.22. The molecule has 4 heteroatoms. The van der Waals surface area contributed by atoms with Crippen molar-refractivity contribution in [2.45, 2.75) is 24.7 Å². The summed E-state index contributed by atoms with van der Waals surface area (Å²) in [4.78, 5) is 13.0. The van der Waals surface area contributed by atoms with E-state index in [1.165, 1.54) is 12.0 Å². The van der Waals surface area contributed by atoms with E-state index in [0.29, 0.717) is 11.8 Å². The molecule has 1 amide bonds. The van der Waals surface area contributed by atoms with Crippen molar-refractivity contribution < 1.29 is 9.53 Å². The van der Waals surface area contributed by atoms with Gasteiger partial charge in [-0.25, -0.2) is 5.43 Å². The zero-order valence-corrected chi connectivity index (χ0v) is 14.8. The molecule has 0 unspecified atom stereocenters. The standard InChI is InChI=1S/C22H22N2O2/c1-26-17-12-10-15(11-13-17)14-23-24-20(25)22-18-8-5-9-19(22)21(18,22)16-6-3-2-4-7-16/h2-4,6-7,10-14,18-19H,5,8-9H2,1H3,(H,24,25)/b23-14-/t18-,19-,21?,22?/m0/s1. The SMILES string of the molecule is COc1ccc(/C=N\NC(=O)C23[C@H]4CCC[C@H]2C43c2ccccc2)cc1. The minimum absolute atomic E-state index is 0.0895. The van der Waals surface area contributed by atoms with Crippen LogP contribution in [0, 0.1) is 17.3 Å².